The minimum absolute atomic E-state index is 0.0381. The van der Waals surface area contributed by atoms with E-state index in [0.29, 0.717) is 45.8 Å². The highest BCUT2D eigenvalue weighted by Crippen LogP contribution is 2.39. The minimum atomic E-state index is -4.31. The summed E-state index contributed by atoms with van der Waals surface area (Å²) in [5.41, 5.74) is 0. The fourth-order valence-electron chi connectivity index (χ4n) is 7.77. The smallest absolute Gasteiger partial charge is 0.389 e. The van der Waals surface area contributed by atoms with Crippen LogP contribution in [0.4, 0.5) is 13.2 Å². The second-order valence-electron chi connectivity index (χ2n) is 13.3. The van der Waals surface area contributed by atoms with Gasteiger partial charge in [0.1, 0.15) is 6.04 Å². The van der Waals surface area contributed by atoms with Crippen molar-refractivity contribution in [1.82, 2.24) is 41.3 Å². The molecule has 45 heavy (non-hydrogen) atoms. The first-order chi connectivity index (χ1) is 21.3. The van der Waals surface area contributed by atoms with Crippen LogP contribution in [0.1, 0.15) is 46.5 Å². The number of hydrogen-bond acceptors (Lipinski definition) is 10. The average Bonchev–Trinajstić information content (AvgIpc) is 3.00. The van der Waals surface area contributed by atoms with Crippen molar-refractivity contribution in [2.75, 3.05) is 45.9 Å². The molecule has 11 atom stereocenters. The number of fused-ring (bicyclic) bond motifs is 1. The molecule has 12 nitrogen and oxygen atoms in total. The van der Waals surface area contributed by atoms with Gasteiger partial charge in [-0.25, -0.2) is 0 Å². The number of halogens is 4. The third-order valence-corrected chi connectivity index (χ3v) is 10.9. The average molecular weight is 665 g/mol. The second kappa shape index (κ2) is 14.3. The molecule has 1 saturated carbocycles. The molecule has 0 spiro atoms. The Labute approximate surface area is 267 Å². The van der Waals surface area contributed by atoms with Gasteiger partial charge in [-0.2, -0.15) is 13.2 Å². The van der Waals surface area contributed by atoms with Crippen LogP contribution in [-0.4, -0.2) is 149 Å². The monoisotopic (exact) mass is 664 g/mol. The number of aliphatic hydroxyl groups is 1. The Kier molecular flexibility index (Phi) is 11.0. The Bertz CT molecular complexity index is 1080. The number of carbonyl (C=O) groups is 3. The quantitative estimate of drug-likeness (QED) is 0.199. The van der Waals surface area contributed by atoms with E-state index in [1.54, 1.807) is 4.90 Å². The molecule has 4 aliphatic heterocycles. The predicted octanol–water partition coefficient (Wildman–Crippen LogP) is -0.839. The Morgan fingerprint density at radius 2 is 1.80 bits per heavy atom. The van der Waals surface area contributed by atoms with Crippen molar-refractivity contribution in [3.8, 4) is 0 Å². The van der Waals surface area contributed by atoms with Gasteiger partial charge in [0, 0.05) is 63.6 Å². The number of amides is 2. The van der Waals surface area contributed by atoms with Gasteiger partial charge in [0.2, 0.25) is 11.8 Å². The lowest BCUT2D eigenvalue weighted by Crippen LogP contribution is -2.79. The largest absolute Gasteiger partial charge is 0.391 e. The number of likely N-dealkylation sites (tertiary alicyclic amines) is 1. The van der Waals surface area contributed by atoms with Crippen LogP contribution in [0.25, 0.3) is 0 Å². The van der Waals surface area contributed by atoms with Gasteiger partial charge in [-0.3, -0.25) is 40.1 Å². The van der Waals surface area contributed by atoms with Gasteiger partial charge in [0.25, 0.3) is 0 Å². The number of carbonyl (C=O) groups excluding carboxylic acids is 3. The molecule has 0 radical (unpaired) electrons. The number of hydrogen-bond donors (Lipinski definition) is 6. The van der Waals surface area contributed by atoms with E-state index < -0.39 is 53.9 Å². The summed E-state index contributed by atoms with van der Waals surface area (Å²) in [6, 6.07) is -2.80. The summed E-state index contributed by atoms with van der Waals surface area (Å²) in [5, 5.41) is 25.7. The van der Waals surface area contributed by atoms with Gasteiger partial charge in [0.05, 0.1) is 42.2 Å². The van der Waals surface area contributed by atoms with Crippen molar-refractivity contribution in [3.05, 3.63) is 0 Å². The maximum absolute atomic E-state index is 14.1. The molecule has 2 amide bonds. The third kappa shape index (κ3) is 7.45. The molecule has 0 aromatic rings. The number of rotatable bonds is 6. The Morgan fingerprint density at radius 1 is 1.09 bits per heavy atom. The lowest BCUT2D eigenvalue weighted by atomic mass is 9.84. The maximum atomic E-state index is 14.1. The zero-order valence-corrected chi connectivity index (χ0v) is 26.9. The first-order valence-corrected chi connectivity index (χ1v) is 16.7. The van der Waals surface area contributed by atoms with Crippen LogP contribution in [0.2, 0.25) is 0 Å². The summed E-state index contributed by atoms with van der Waals surface area (Å²) < 4.78 is 39.8. The highest BCUT2D eigenvalue weighted by molar-refractivity contribution is 6.21. The molecule has 0 bridgehead atoms. The van der Waals surface area contributed by atoms with Gasteiger partial charge in [-0.05, 0) is 39.5 Å². The molecule has 256 valence electrons. The van der Waals surface area contributed by atoms with E-state index in [9.17, 15) is 32.7 Å². The van der Waals surface area contributed by atoms with E-state index in [1.807, 2.05) is 25.7 Å². The van der Waals surface area contributed by atoms with Gasteiger partial charge < -0.3 is 20.6 Å². The number of alkyl halides is 4. The van der Waals surface area contributed by atoms with Crippen molar-refractivity contribution in [2.24, 2.45) is 5.92 Å². The van der Waals surface area contributed by atoms with E-state index in [4.69, 9.17) is 11.6 Å². The maximum Gasteiger partial charge on any atom is 0.391 e. The topological polar surface area (TPSA) is 141 Å². The predicted molar refractivity (Wildman–Crippen MR) is 161 cm³/mol. The van der Waals surface area contributed by atoms with Crippen molar-refractivity contribution < 1.29 is 32.7 Å². The zero-order valence-electron chi connectivity index (χ0n) is 26.2. The van der Waals surface area contributed by atoms with Crippen LogP contribution in [-0.2, 0) is 14.4 Å². The standard InChI is InChI=1S/C29H48ClF3N8O4/c1-4-20-24(39-7-9-40(10-8-39)28(45)23-25(43)16(3)35-14-36-23)26(44)22-27(37-15(2)12-34-22)41(20)13-21(42)38-19-6-5-17(11-18(19)30)29(31,32)33/h15-20,22-25,27,34-37,43H,4-14H2,1-3H3,(H,38,42). The van der Waals surface area contributed by atoms with Crippen molar-refractivity contribution in [1.29, 1.82) is 0 Å². The first kappa shape index (κ1) is 34.7. The molecular weight excluding hydrogens is 617 g/mol. The highest BCUT2D eigenvalue weighted by atomic mass is 35.5. The Morgan fingerprint density at radius 3 is 2.44 bits per heavy atom. The third-order valence-electron chi connectivity index (χ3n) is 10.4. The molecular formula is C29H48ClF3N8O4. The molecule has 4 heterocycles. The van der Waals surface area contributed by atoms with Crippen LogP contribution < -0.4 is 26.6 Å². The number of nitrogens with zero attached hydrogens (tertiary/aromatic N) is 3. The summed E-state index contributed by atoms with van der Waals surface area (Å²) in [6.45, 7) is 8.53. The van der Waals surface area contributed by atoms with E-state index in [0.717, 1.165) is 0 Å². The Hall–Kier alpha value is -1.59. The minimum Gasteiger partial charge on any atom is -0.389 e. The van der Waals surface area contributed by atoms with Gasteiger partial charge in [-0.1, -0.05) is 6.92 Å². The molecule has 5 fully saturated rings. The molecule has 6 N–H and O–H groups in total. The fourth-order valence-corrected chi connectivity index (χ4v) is 8.17. The number of piperazine rings is 2. The summed E-state index contributed by atoms with van der Waals surface area (Å²) >= 11 is 6.35. The van der Waals surface area contributed by atoms with Crippen LogP contribution in [0, 0.1) is 5.92 Å². The van der Waals surface area contributed by atoms with Crippen molar-refractivity contribution in [3.63, 3.8) is 0 Å². The highest BCUT2D eigenvalue weighted by Gasteiger charge is 2.53. The molecule has 0 aromatic heterocycles. The first-order valence-electron chi connectivity index (χ1n) is 16.3. The lowest BCUT2D eigenvalue weighted by Gasteiger charge is -2.55. The van der Waals surface area contributed by atoms with Crippen LogP contribution in [0.3, 0.4) is 0 Å². The molecule has 4 saturated heterocycles. The number of piperidine rings is 1. The zero-order chi connectivity index (χ0) is 32.6. The Balaban J connectivity index is 1.26. The van der Waals surface area contributed by atoms with Gasteiger partial charge in [0.15, 0.2) is 5.78 Å². The number of ketones is 1. The van der Waals surface area contributed by atoms with E-state index in [-0.39, 0.29) is 61.5 Å². The number of nitrogens with one attached hydrogen (secondary N) is 5. The summed E-state index contributed by atoms with van der Waals surface area (Å²) in [7, 11) is 0. The number of aliphatic hydroxyl groups excluding tert-OH is 1. The molecule has 1 aliphatic carbocycles. The normalized spacial score (nSPS) is 40.6. The molecule has 5 rings (SSSR count). The molecule has 16 heteroatoms. The summed E-state index contributed by atoms with van der Waals surface area (Å²) in [5.74, 6) is -1.92. The fraction of sp³-hybridized carbons (Fsp3) is 0.897. The van der Waals surface area contributed by atoms with Crippen LogP contribution in [0.15, 0.2) is 0 Å². The lowest BCUT2D eigenvalue weighted by molar-refractivity contribution is -0.182. The van der Waals surface area contributed by atoms with Crippen LogP contribution >= 0.6 is 11.6 Å². The van der Waals surface area contributed by atoms with Crippen molar-refractivity contribution >= 4 is 29.2 Å². The van der Waals surface area contributed by atoms with Gasteiger partial charge >= 0.3 is 6.18 Å². The van der Waals surface area contributed by atoms with E-state index >= 15 is 0 Å². The molecule has 11 unspecified atom stereocenters. The summed E-state index contributed by atoms with van der Waals surface area (Å²) in [6.07, 6.45) is -5.17. The molecule has 5 aliphatic rings. The summed E-state index contributed by atoms with van der Waals surface area (Å²) in [4.78, 5) is 46.6. The van der Waals surface area contributed by atoms with Crippen LogP contribution in [0.5, 0.6) is 0 Å². The SMILES string of the molecule is CCC1C(N2CCN(C(=O)C3NCNC(C)C3O)CC2)C(=O)C2NCC(C)NC2N1CC(=O)NC1CCC(C(F)(F)F)CC1Cl. The van der Waals surface area contributed by atoms with Gasteiger partial charge in [-0.15, -0.1) is 11.6 Å². The van der Waals surface area contributed by atoms with E-state index in [2.05, 4.69) is 31.5 Å². The number of Topliss-reactive ketones (excluding diaryl/α,β-unsaturated/α-hetero) is 1. The van der Waals surface area contributed by atoms with Crippen molar-refractivity contribution in [2.45, 2.75) is 113 Å². The molecule has 0 aromatic carbocycles. The second-order valence-corrected chi connectivity index (χ2v) is 13.9. The van der Waals surface area contributed by atoms with E-state index in [1.165, 1.54) is 0 Å².